The standard InChI is InChI=1S/C14H20N4OS/c1-10(13-8-20-9-15-13)17-12-3-2-4-14-11(12)7-16-18(14)5-6-19/h7-10,12,17,19H,2-6H2,1H3. The van der Waals surface area contributed by atoms with E-state index in [0.717, 1.165) is 25.0 Å². The summed E-state index contributed by atoms with van der Waals surface area (Å²) in [5.74, 6) is 0. The summed E-state index contributed by atoms with van der Waals surface area (Å²) in [6.07, 6.45) is 5.30. The third-order valence-corrected chi connectivity index (χ3v) is 4.53. The molecule has 2 aromatic heterocycles. The third-order valence-electron chi connectivity index (χ3n) is 3.92. The zero-order chi connectivity index (χ0) is 13.9. The molecule has 5 nitrogen and oxygen atoms in total. The van der Waals surface area contributed by atoms with Crippen LogP contribution in [0.25, 0.3) is 0 Å². The van der Waals surface area contributed by atoms with Crippen LogP contribution in [0.15, 0.2) is 17.1 Å². The number of aliphatic hydroxyl groups excluding tert-OH is 1. The maximum absolute atomic E-state index is 9.09. The lowest BCUT2D eigenvalue weighted by atomic mass is 9.92. The number of nitrogens with one attached hydrogen (secondary N) is 1. The van der Waals surface area contributed by atoms with Crippen molar-refractivity contribution in [2.24, 2.45) is 0 Å². The van der Waals surface area contributed by atoms with Gasteiger partial charge in [0.05, 0.1) is 30.6 Å². The average Bonchev–Trinajstić information content (AvgIpc) is 3.09. The summed E-state index contributed by atoms with van der Waals surface area (Å²) >= 11 is 1.63. The summed E-state index contributed by atoms with van der Waals surface area (Å²) in [7, 11) is 0. The fraction of sp³-hybridized carbons (Fsp3) is 0.571. The van der Waals surface area contributed by atoms with Crippen LogP contribution < -0.4 is 5.32 Å². The fourth-order valence-corrected chi connectivity index (χ4v) is 3.55. The van der Waals surface area contributed by atoms with Gasteiger partial charge in [-0.25, -0.2) is 4.98 Å². The van der Waals surface area contributed by atoms with E-state index < -0.39 is 0 Å². The summed E-state index contributed by atoms with van der Waals surface area (Å²) in [4.78, 5) is 4.37. The van der Waals surface area contributed by atoms with Crippen molar-refractivity contribution >= 4 is 11.3 Å². The van der Waals surface area contributed by atoms with Crippen molar-refractivity contribution < 1.29 is 5.11 Å². The van der Waals surface area contributed by atoms with Gasteiger partial charge in [0, 0.05) is 28.7 Å². The summed E-state index contributed by atoms with van der Waals surface area (Å²) < 4.78 is 1.94. The van der Waals surface area contributed by atoms with Gasteiger partial charge in [-0.2, -0.15) is 5.10 Å². The molecule has 2 atom stereocenters. The number of aliphatic hydroxyl groups is 1. The van der Waals surface area contributed by atoms with Gasteiger partial charge in [0.15, 0.2) is 0 Å². The summed E-state index contributed by atoms with van der Waals surface area (Å²) in [6.45, 7) is 2.88. The van der Waals surface area contributed by atoms with Gasteiger partial charge in [-0.05, 0) is 26.2 Å². The van der Waals surface area contributed by atoms with E-state index in [0.29, 0.717) is 12.6 Å². The van der Waals surface area contributed by atoms with E-state index >= 15 is 0 Å². The topological polar surface area (TPSA) is 63.0 Å². The number of hydrogen-bond donors (Lipinski definition) is 2. The van der Waals surface area contributed by atoms with Gasteiger partial charge in [0.2, 0.25) is 0 Å². The molecule has 0 saturated carbocycles. The van der Waals surface area contributed by atoms with E-state index in [1.165, 1.54) is 11.3 Å². The van der Waals surface area contributed by atoms with E-state index in [2.05, 4.69) is 27.7 Å². The second-order valence-electron chi connectivity index (χ2n) is 5.24. The number of hydrogen-bond acceptors (Lipinski definition) is 5. The van der Waals surface area contributed by atoms with Crippen molar-refractivity contribution in [3.8, 4) is 0 Å². The van der Waals surface area contributed by atoms with Crippen LogP contribution in [0.5, 0.6) is 0 Å². The molecule has 1 aliphatic rings. The van der Waals surface area contributed by atoms with Gasteiger partial charge >= 0.3 is 0 Å². The van der Waals surface area contributed by atoms with Crippen LogP contribution in [-0.2, 0) is 13.0 Å². The maximum atomic E-state index is 9.09. The fourth-order valence-electron chi connectivity index (χ4n) is 2.90. The molecular formula is C14H20N4OS. The van der Waals surface area contributed by atoms with E-state index in [1.807, 2.05) is 16.4 Å². The number of aromatic nitrogens is 3. The highest BCUT2D eigenvalue weighted by atomic mass is 32.1. The molecule has 2 heterocycles. The van der Waals surface area contributed by atoms with Gasteiger partial charge in [-0.1, -0.05) is 0 Å². The van der Waals surface area contributed by atoms with Crippen LogP contribution in [0, 0.1) is 0 Å². The van der Waals surface area contributed by atoms with Crippen LogP contribution in [0.4, 0.5) is 0 Å². The maximum Gasteiger partial charge on any atom is 0.0795 e. The normalized spacial score (nSPS) is 19.8. The quantitative estimate of drug-likeness (QED) is 0.885. The number of nitrogens with zero attached hydrogens (tertiary/aromatic N) is 3. The first-order valence-electron chi connectivity index (χ1n) is 7.09. The molecule has 0 spiro atoms. The Balaban J connectivity index is 1.76. The van der Waals surface area contributed by atoms with Crippen molar-refractivity contribution in [3.63, 3.8) is 0 Å². The Kier molecular flexibility index (Phi) is 4.14. The predicted octanol–water partition coefficient (Wildman–Crippen LogP) is 2.06. The number of rotatable bonds is 5. The minimum atomic E-state index is 0.140. The number of thiazole rings is 1. The number of fused-ring (bicyclic) bond motifs is 1. The molecule has 0 amide bonds. The average molecular weight is 292 g/mol. The molecule has 0 saturated heterocycles. The highest BCUT2D eigenvalue weighted by molar-refractivity contribution is 7.07. The van der Waals surface area contributed by atoms with Crippen molar-refractivity contribution in [2.75, 3.05) is 6.61 Å². The van der Waals surface area contributed by atoms with E-state index in [-0.39, 0.29) is 12.6 Å². The molecule has 0 aromatic carbocycles. The van der Waals surface area contributed by atoms with Crippen molar-refractivity contribution in [1.29, 1.82) is 0 Å². The zero-order valence-electron chi connectivity index (χ0n) is 11.6. The van der Waals surface area contributed by atoms with Crippen LogP contribution in [0.1, 0.15) is 48.8 Å². The molecule has 20 heavy (non-hydrogen) atoms. The molecule has 0 bridgehead atoms. The molecule has 2 unspecified atom stereocenters. The molecule has 2 aromatic rings. The first kappa shape index (κ1) is 13.7. The molecular weight excluding hydrogens is 272 g/mol. The van der Waals surface area contributed by atoms with Crippen LogP contribution in [-0.4, -0.2) is 26.5 Å². The van der Waals surface area contributed by atoms with Crippen molar-refractivity contribution in [2.45, 2.75) is 44.8 Å². The molecule has 3 rings (SSSR count). The Bertz CT molecular complexity index is 552. The Morgan fingerprint density at radius 1 is 1.60 bits per heavy atom. The monoisotopic (exact) mass is 292 g/mol. The minimum Gasteiger partial charge on any atom is -0.394 e. The lowest BCUT2D eigenvalue weighted by Crippen LogP contribution is -2.28. The highest BCUT2D eigenvalue weighted by Crippen LogP contribution is 2.31. The Hall–Kier alpha value is -1.24. The van der Waals surface area contributed by atoms with Gasteiger partial charge in [0.1, 0.15) is 0 Å². The van der Waals surface area contributed by atoms with E-state index in [1.54, 1.807) is 11.3 Å². The van der Waals surface area contributed by atoms with E-state index in [4.69, 9.17) is 5.11 Å². The minimum absolute atomic E-state index is 0.140. The molecule has 2 N–H and O–H groups in total. The second-order valence-corrected chi connectivity index (χ2v) is 5.96. The first-order valence-corrected chi connectivity index (χ1v) is 8.03. The third kappa shape index (κ3) is 2.63. The molecule has 0 aliphatic heterocycles. The largest absolute Gasteiger partial charge is 0.394 e. The zero-order valence-corrected chi connectivity index (χ0v) is 12.4. The van der Waals surface area contributed by atoms with E-state index in [9.17, 15) is 0 Å². The molecule has 0 fully saturated rings. The van der Waals surface area contributed by atoms with Crippen LogP contribution >= 0.6 is 11.3 Å². The van der Waals surface area contributed by atoms with Crippen molar-refractivity contribution in [1.82, 2.24) is 20.1 Å². The molecule has 6 heteroatoms. The van der Waals surface area contributed by atoms with Crippen molar-refractivity contribution in [3.05, 3.63) is 34.0 Å². The SMILES string of the molecule is CC(NC1CCCc2c1cnn2CCO)c1cscn1. The molecule has 108 valence electrons. The first-order chi connectivity index (χ1) is 9.79. The summed E-state index contributed by atoms with van der Waals surface area (Å²) in [6, 6.07) is 0.585. The predicted molar refractivity (Wildman–Crippen MR) is 78.7 cm³/mol. The van der Waals surface area contributed by atoms with Gasteiger partial charge in [-0.3, -0.25) is 4.68 Å². The summed E-state index contributed by atoms with van der Waals surface area (Å²) in [5, 5.41) is 19.3. The Morgan fingerprint density at radius 2 is 2.50 bits per heavy atom. The second kappa shape index (κ2) is 6.03. The Morgan fingerprint density at radius 3 is 3.25 bits per heavy atom. The molecule has 0 radical (unpaired) electrons. The smallest absolute Gasteiger partial charge is 0.0795 e. The Labute approximate surface area is 122 Å². The summed E-state index contributed by atoms with van der Waals surface area (Å²) in [5.41, 5.74) is 5.53. The lowest BCUT2D eigenvalue weighted by Gasteiger charge is -2.27. The highest BCUT2D eigenvalue weighted by Gasteiger charge is 2.25. The van der Waals surface area contributed by atoms with Gasteiger partial charge < -0.3 is 10.4 Å². The van der Waals surface area contributed by atoms with Gasteiger partial charge in [-0.15, -0.1) is 11.3 Å². The van der Waals surface area contributed by atoms with Crippen LogP contribution in [0.3, 0.4) is 0 Å². The lowest BCUT2D eigenvalue weighted by molar-refractivity contribution is 0.266. The van der Waals surface area contributed by atoms with Crippen LogP contribution in [0.2, 0.25) is 0 Å². The van der Waals surface area contributed by atoms with Gasteiger partial charge in [0.25, 0.3) is 0 Å². The molecule has 1 aliphatic carbocycles.